The number of hydrogen-bond donors (Lipinski definition) is 0. The van der Waals surface area contributed by atoms with Crippen molar-refractivity contribution >= 4 is 136 Å². The highest BCUT2D eigenvalue weighted by Crippen LogP contribution is 2.50. The molecule has 6 heterocycles. The van der Waals surface area contributed by atoms with Crippen molar-refractivity contribution in [2.45, 2.75) is 40.0 Å². The van der Waals surface area contributed by atoms with Gasteiger partial charge in [0.2, 0.25) is 0 Å². The highest BCUT2D eigenvalue weighted by atomic mass is 15.1. The SMILES string of the molecule is CCc1nc2cc(-c3ccc(-c4ccc5ccccc5c4)cc3)cc3c4ccccc4n1c23.CCc1nc2ccc(-c3c4ccccc4c(-c4ccccc4)c4ccccc34)c3c4ccccc4n1c23.CCc1nc2cccc3c4cc(-c5ccc6c(-c7ccccc7)c7ccccc7c(-c7ccccc7)c6c5)ccc4n1c23. The highest BCUT2D eigenvalue weighted by Gasteiger charge is 2.26. The molecular formula is C107H74N6. The fourth-order valence-corrected chi connectivity index (χ4v) is 18.9. The van der Waals surface area contributed by atoms with E-state index < -0.39 is 0 Å². The van der Waals surface area contributed by atoms with Crippen LogP contribution in [0.4, 0.5) is 0 Å². The van der Waals surface area contributed by atoms with Crippen molar-refractivity contribution in [2.75, 3.05) is 0 Å². The number of fused-ring (bicyclic) bond motifs is 14. The number of nitrogens with zero attached hydrogens (tertiary/aromatic N) is 6. The van der Waals surface area contributed by atoms with Gasteiger partial charge in [0.05, 0.1) is 49.7 Å². The van der Waals surface area contributed by atoms with Gasteiger partial charge in [0.15, 0.2) is 0 Å². The van der Waals surface area contributed by atoms with Crippen LogP contribution in [-0.2, 0) is 19.3 Å². The van der Waals surface area contributed by atoms with Crippen molar-refractivity contribution < 1.29 is 0 Å². The van der Waals surface area contributed by atoms with E-state index in [1.54, 1.807) is 0 Å². The second-order valence-corrected chi connectivity index (χ2v) is 30.0. The Morgan fingerprint density at radius 2 is 0.584 bits per heavy atom. The molecule has 24 rings (SSSR count). The first-order valence-electron chi connectivity index (χ1n) is 39.6. The Morgan fingerprint density at radius 3 is 1.16 bits per heavy atom. The molecule has 24 aromatic rings. The second-order valence-electron chi connectivity index (χ2n) is 30.0. The minimum atomic E-state index is 0.898. The molecule has 0 spiro atoms. The van der Waals surface area contributed by atoms with Crippen LogP contribution in [0.25, 0.3) is 214 Å². The Bertz CT molecular complexity index is 7790. The zero-order valence-electron chi connectivity index (χ0n) is 62.9. The summed E-state index contributed by atoms with van der Waals surface area (Å²) in [4.78, 5) is 14.9. The molecule has 0 amide bonds. The fraction of sp³-hybridized carbons (Fsp3) is 0.0561. The largest absolute Gasteiger partial charge is 0.295 e. The van der Waals surface area contributed by atoms with Gasteiger partial charge in [0.25, 0.3) is 0 Å². The van der Waals surface area contributed by atoms with E-state index in [0.29, 0.717) is 0 Å². The maximum Gasteiger partial charge on any atom is 0.114 e. The molecule has 0 saturated carbocycles. The molecule has 0 saturated heterocycles. The van der Waals surface area contributed by atoms with Gasteiger partial charge in [0.1, 0.15) is 17.5 Å². The van der Waals surface area contributed by atoms with Gasteiger partial charge in [-0.25, -0.2) is 15.0 Å². The van der Waals surface area contributed by atoms with Crippen LogP contribution >= 0.6 is 0 Å². The van der Waals surface area contributed by atoms with E-state index in [4.69, 9.17) is 15.0 Å². The Hall–Kier alpha value is -14.3. The van der Waals surface area contributed by atoms with Crippen molar-refractivity contribution in [3.05, 3.63) is 375 Å². The molecule has 0 unspecified atom stereocenters. The smallest absolute Gasteiger partial charge is 0.114 e. The maximum atomic E-state index is 5.02. The highest BCUT2D eigenvalue weighted by molar-refractivity contribution is 6.29. The lowest BCUT2D eigenvalue weighted by Gasteiger charge is -2.18. The minimum absolute atomic E-state index is 0.898. The van der Waals surface area contributed by atoms with Crippen LogP contribution in [0.3, 0.4) is 0 Å². The van der Waals surface area contributed by atoms with Crippen LogP contribution in [0.5, 0.6) is 0 Å². The van der Waals surface area contributed by atoms with Crippen molar-refractivity contribution in [3.63, 3.8) is 0 Å². The molecule has 0 aliphatic rings. The second kappa shape index (κ2) is 26.5. The number of aryl methyl sites for hydroxylation is 3. The van der Waals surface area contributed by atoms with Crippen molar-refractivity contribution in [1.29, 1.82) is 0 Å². The van der Waals surface area contributed by atoms with E-state index in [0.717, 1.165) is 53.3 Å². The molecule has 0 radical (unpaired) electrons. The number of hydrogen-bond acceptors (Lipinski definition) is 3. The average Bonchev–Trinajstić information content (AvgIpc) is 1.53. The zero-order chi connectivity index (χ0) is 74.9. The summed E-state index contributed by atoms with van der Waals surface area (Å²) in [5.41, 5.74) is 28.2. The molecule has 18 aromatic carbocycles. The summed E-state index contributed by atoms with van der Waals surface area (Å²) in [6.07, 6.45) is 2.72. The molecule has 0 bridgehead atoms. The van der Waals surface area contributed by atoms with E-state index in [2.05, 4.69) is 392 Å². The first-order valence-corrected chi connectivity index (χ1v) is 39.6. The summed E-state index contributed by atoms with van der Waals surface area (Å²) in [5.74, 6) is 3.36. The molecule has 0 aliphatic carbocycles. The van der Waals surface area contributed by atoms with Gasteiger partial charge < -0.3 is 0 Å². The van der Waals surface area contributed by atoms with Crippen LogP contribution in [-0.4, -0.2) is 28.2 Å². The van der Waals surface area contributed by atoms with Crippen LogP contribution in [0.2, 0.25) is 0 Å². The third-order valence-electron chi connectivity index (χ3n) is 23.8. The number of aromatic nitrogens is 6. The van der Waals surface area contributed by atoms with Gasteiger partial charge in [-0.2, -0.15) is 0 Å². The third kappa shape index (κ3) is 10.4. The quantitative estimate of drug-likeness (QED) is 0.128. The molecule has 0 aliphatic heterocycles. The molecule has 6 heteroatoms. The molecule has 532 valence electrons. The normalized spacial score (nSPS) is 12.0. The molecule has 6 aromatic heterocycles. The Labute approximate surface area is 653 Å². The van der Waals surface area contributed by atoms with E-state index in [9.17, 15) is 0 Å². The fourth-order valence-electron chi connectivity index (χ4n) is 18.9. The van der Waals surface area contributed by atoms with E-state index in [1.165, 1.54) is 197 Å². The molecule has 113 heavy (non-hydrogen) atoms. The monoisotopic (exact) mass is 1440 g/mol. The summed E-state index contributed by atoms with van der Waals surface area (Å²) in [7, 11) is 0. The lowest BCUT2D eigenvalue weighted by atomic mass is 9.85. The van der Waals surface area contributed by atoms with Crippen LogP contribution in [0.15, 0.2) is 358 Å². The zero-order valence-corrected chi connectivity index (χ0v) is 62.9. The first kappa shape index (κ1) is 65.7. The lowest BCUT2D eigenvalue weighted by Crippen LogP contribution is -1.92. The summed E-state index contributed by atoms with van der Waals surface area (Å²) in [6.45, 7) is 6.55. The van der Waals surface area contributed by atoms with Gasteiger partial charge in [0, 0.05) is 51.6 Å². The maximum absolute atomic E-state index is 5.02. The third-order valence-corrected chi connectivity index (χ3v) is 23.8. The summed E-state index contributed by atoms with van der Waals surface area (Å²) < 4.78 is 7.08. The lowest BCUT2D eigenvalue weighted by molar-refractivity contribution is 0.961. The number of rotatable bonds is 10. The van der Waals surface area contributed by atoms with Crippen molar-refractivity contribution in [2.24, 2.45) is 0 Å². The van der Waals surface area contributed by atoms with Crippen LogP contribution < -0.4 is 0 Å². The molecule has 0 N–H and O–H groups in total. The predicted molar refractivity (Wildman–Crippen MR) is 478 cm³/mol. The first-order chi connectivity index (χ1) is 55.9. The predicted octanol–water partition coefficient (Wildman–Crippen LogP) is 28.4. The van der Waals surface area contributed by atoms with E-state index >= 15 is 0 Å². The molecule has 0 fully saturated rings. The van der Waals surface area contributed by atoms with E-state index in [-0.39, 0.29) is 0 Å². The topological polar surface area (TPSA) is 51.9 Å². The van der Waals surface area contributed by atoms with Gasteiger partial charge >= 0.3 is 0 Å². The van der Waals surface area contributed by atoms with Crippen molar-refractivity contribution in [3.8, 4) is 77.9 Å². The van der Waals surface area contributed by atoms with Gasteiger partial charge in [-0.15, -0.1) is 0 Å². The van der Waals surface area contributed by atoms with Crippen LogP contribution in [0.1, 0.15) is 38.2 Å². The molecule has 6 nitrogen and oxygen atoms in total. The van der Waals surface area contributed by atoms with E-state index in [1.807, 2.05) is 0 Å². The van der Waals surface area contributed by atoms with Gasteiger partial charge in [-0.1, -0.05) is 318 Å². The Kier molecular flexibility index (Phi) is 15.4. The molecule has 0 atom stereocenters. The van der Waals surface area contributed by atoms with Gasteiger partial charge in [-0.05, 0) is 192 Å². The number of benzene rings is 18. The molecular weight excluding hydrogens is 1370 g/mol. The standard InChI is InChI=1S/C41H28N2.C35H24N2.C31H22N2/c1-2-38-42-36-19-11-18-33-34-24-29(21-23-37(34)43(38)41(33)36)28-20-22-32-35(25-28)40(27-14-7-4-8-15-27)31-17-10-9-16-30(31)39(32)26-12-5-3-6-13-26;1-2-31-36-29-21-20-28(34-27-18-10-11-19-30(27)37(31)35(29)34)33-25-16-8-6-14-23(25)32(22-12-4-3-5-13-22)24-15-7-9-17-26(24)33;1-2-30-32-28-19-25(18-27-26-9-5-6-10-29(26)33(30)31(27)28)22-13-11-21(12-14-22)24-16-15-20-7-3-4-8-23(20)17-24/h3-25H,2H2,1H3;3-21H,2H2,1H3;3-19H,2H2,1H3. The number of para-hydroxylation sites is 3. The average molecular weight is 1440 g/mol. The summed E-state index contributed by atoms with van der Waals surface area (Å²) in [5, 5.41) is 20.5. The number of imidazole rings is 3. The van der Waals surface area contributed by atoms with Crippen molar-refractivity contribution in [1.82, 2.24) is 28.2 Å². The Morgan fingerprint density at radius 1 is 0.204 bits per heavy atom. The van der Waals surface area contributed by atoms with Crippen LogP contribution in [0, 0.1) is 0 Å². The summed E-state index contributed by atoms with van der Waals surface area (Å²) in [6, 6.07) is 130. The minimum Gasteiger partial charge on any atom is -0.295 e. The Balaban J connectivity index is 0.000000105. The summed E-state index contributed by atoms with van der Waals surface area (Å²) >= 11 is 0. The van der Waals surface area contributed by atoms with Gasteiger partial charge in [-0.3, -0.25) is 13.2 Å².